The van der Waals surface area contributed by atoms with Gasteiger partial charge >= 0.3 is 0 Å². The SMILES string of the molecule is O=C(Cc1ccc(Cl)c(Cl)c1)N1CCN(Cc2cn[nH]c2)[C@@H]2COCC(N3CCCC3)[C@H]21. The highest BCUT2D eigenvalue weighted by atomic mass is 35.5. The van der Waals surface area contributed by atoms with E-state index in [1.54, 1.807) is 12.1 Å². The summed E-state index contributed by atoms with van der Waals surface area (Å²) in [6.45, 7) is 5.81. The average Bonchev–Trinajstić information content (AvgIpc) is 3.50. The normalized spacial score (nSPS) is 26.9. The van der Waals surface area contributed by atoms with Crippen LogP contribution in [0.15, 0.2) is 30.6 Å². The number of aromatic nitrogens is 2. The lowest BCUT2D eigenvalue weighted by molar-refractivity contribution is -0.153. The minimum absolute atomic E-state index is 0.109. The molecule has 1 N–H and O–H groups in total. The highest BCUT2D eigenvalue weighted by Crippen LogP contribution is 2.31. The Hall–Kier alpha value is -1.64. The van der Waals surface area contributed by atoms with Gasteiger partial charge in [-0.1, -0.05) is 29.3 Å². The van der Waals surface area contributed by atoms with Crippen LogP contribution in [0.25, 0.3) is 0 Å². The third kappa shape index (κ3) is 4.54. The minimum atomic E-state index is 0.109. The van der Waals surface area contributed by atoms with E-state index < -0.39 is 0 Å². The Morgan fingerprint density at radius 2 is 1.88 bits per heavy atom. The molecule has 1 amide bonds. The smallest absolute Gasteiger partial charge is 0.227 e. The van der Waals surface area contributed by atoms with Gasteiger partial charge in [-0.3, -0.25) is 19.7 Å². The van der Waals surface area contributed by atoms with Crippen molar-refractivity contribution >= 4 is 29.1 Å². The second-order valence-corrected chi connectivity index (χ2v) is 9.81. The van der Waals surface area contributed by atoms with E-state index in [4.69, 9.17) is 27.9 Å². The number of rotatable bonds is 5. The van der Waals surface area contributed by atoms with Gasteiger partial charge in [-0.15, -0.1) is 0 Å². The van der Waals surface area contributed by atoms with Crippen LogP contribution >= 0.6 is 23.2 Å². The van der Waals surface area contributed by atoms with Gasteiger partial charge in [0.25, 0.3) is 0 Å². The molecule has 0 aliphatic carbocycles. The Kier molecular flexibility index (Phi) is 6.71. The van der Waals surface area contributed by atoms with Gasteiger partial charge in [0, 0.05) is 31.4 Å². The fourth-order valence-corrected chi connectivity index (χ4v) is 5.78. The van der Waals surface area contributed by atoms with Gasteiger partial charge in [-0.2, -0.15) is 5.10 Å². The Bertz CT molecular complexity index is 934. The summed E-state index contributed by atoms with van der Waals surface area (Å²) in [5.74, 6) is 0.146. The number of piperazine rings is 1. The molecule has 5 rings (SSSR count). The van der Waals surface area contributed by atoms with Crippen molar-refractivity contribution in [1.82, 2.24) is 24.9 Å². The number of hydrogen-bond acceptors (Lipinski definition) is 5. The van der Waals surface area contributed by atoms with Crippen LogP contribution in [-0.4, -0.2) is 88.3 Å². The van der Waals surface area contributed by atoms with E-state index in [2.05, 4.69) is 24.9 Å². The van der Waals surface area contributed by atoms with Crippen molar-refractivity contribution in [2.24, 2.45) is 0 Å². The van der Waals surface area contributed by atoms with Gasteiger partial charge in [0.05, 0.1) is 54.0 Å². The number of nitrogens with zero attached hydrogens (tertiary/aromatic N) is 4. The van der Waals surface area contributed by atoms with Gasteiger partial charge in [-0.25, -0.2) is 0 Å². The second kappa shape index (κ2) is 9.69. The molecule has 0 bridgehead atoms. The van der Waals surface area contributed by atoms with Crippen LogP contribution in [0.5, 0.6) is 0 Å². The average molecular weight is 478 g/mol. The van der Waals surface area contributed by atoms with Crippen molar-refractivity contribution in [3.8, 4) is 0 Å². The summed E-state index contributed by atoms with van der Waals surface area (Å²) in [6, 6.07) is 5.95. The number of H-pyrrole nitrogens is 1. The molecule has 3 aliphatic rings. The third-order valence-corrected chi connectivity index (χ3v) is 7.77. The first-order valence-corrected chi connectivity index (χ1v) is 12.1. The van der Waals surface area contributed by atoms with Gasteiger partial charge < -0.3 is 9.64 Å². The van der Waals surface area contributed by atoms with E-state index in [0.29, 0.717) is 36.2 Å². The molecule has 3 aliphatic heterocycles. The summed E-state index contributed by atoms with van der Waals surface area (Å²) in [6.07, 6.45) is 6.57. The number of fused-ring (bicyclic) bond motifs is 1. The monoisotopic (exact) mass is 477 g/mol. The maximum Gasteiger partial charge on any atom is 0.227 e. The molecule has 2 aromatic rings. The van der Waals surface area contributed by atoms with Gasteiger partial charge in [0.2, 0.25) is 5.91 Å². The number of carbonyl (C=O) groups excluding carboxylic acids is 1. The first-order valence-electron chi connectivity index (χ1n) is 11.4. The molecule has 172 valence electrons. The lowest BCUT2D eigenvalue weighted by atomic mass is 9.90. The standard InChI is InChI=1S/C23H29Cl2N5O2/c24-18-4-3-16(9-19(18)25)10-22(31)30-8-7-29(13-17-11-26-27-12-17)21-15-32-14-20(23(21)30)28-5-1-2-6-28/h3-4,9,11-12,20-21,23H,1-2,5-8,10,13-15H2,(H,26,27)/t20?,21-,23-/m1/s1. The second-order valence-electron chi connectivity index (χ2n) is 9.00. The lowest BCUT2D eigenvalue weighted by Crippen LogP contribution is -2.71. The van der Waals surface area contributed by atoms with E-state index in [0.717, 1.165) is 37.3 Å². The Balaban J connectivity index is 1.39. The van der Waals surface area contributed by atoms with Crippen molar-refractivity contribution < 1.29 is 9.53 Å². The molecule has 9 heteroatoms. The molecule has 32 heavy (non-hydrogen) atoms. The number of halogens is 2. The van der Waals surface area contributed by atoms with Crippen LogP contribution in [0, 0.1) is 0 Å². The molecule has 3 atom stereocenters. The maximum absolute atomic E-state index is 13.6. The molecule has 0 radical (unpaired) electrons. The summed E-state index contributed by atoms with van der Waals surface area (Å²) >= 11 is 12.3. The number of likely N-dealkylation sites (tertiary alicyclic amines) is 1. The predicted octanol–water partition coefficient (Wildman–Crippen LogP) is 2.84. The summed E-state index contributed by atoms with van der Waals surface area (Å²) in [5, 5.41) is 8.00. The Morgan fingerprint density at radius 1 is 1.06 bits per heavy atom. The number of aromatic amines is 1. The van der Waals surface area contributed by atoms with Crippen LogP contribution in [0.3, 0.4) is 0 Å². The van der Waals surface area contributed by atoms with Crippen molar-refractivity contribution in [1.29, 1.82) is 0 Å². The fraction of sp³-hybridized carbons (Fsp3) is 0.565. The molecule has 7 nitrogen and oxygen atoms in total. The first-order chi connectivity index (χ1) is 15.6. The summed E-state index contributed by atoms with van der Waals surface area (Å²) in [5.41, 5.74) is 2.05. The molecule has 0 spiro atoms. The lowest BCUT2D eigenvalue weighted by Gasteiger charge is -2.54. The molecule has 1 aromatic heterocycles. The van der Waals surface area contributed by atoms with E-state index in [9.17, 15) is 4.79 Å². The van der Waals surface area contributed by atoms with Crippen LogP contribution in [0.1, 0.15) is 24.0 Å². The summed E-state index contributed by atoms with van der Waals surface area (Å²) < 4.78 is 6.11. The predicted molar refractivity (Wildman–Crippen MR) is 124 cm³/mol. The Labute approximate surface area is 198 Å². The number of carbonyl (C=O) groups is 1. The largest absolute Gasteiger partial charge is 0.378 e. The number of amides is 1. The highest BCUT2D eigenvalue weighted by molar-refractivity contribution is 6.42. The van der Waals surface area contributed by atoms with E-state index in [1.807, 2.05) is 18.5 Å². The molecule has 3 fully saturated rings. The van der Waals surface area contributed by atoms with Gasteiger partial charge in [0.1, 0.15) is 0 Å². The molecule has 4 heterocycles. The van der Waals surface area contributed by atoms with Crippen molar-refractivity contribution in [2.75, 3.05) is 39.4 Å². The van der Waals surface area contributed by atoms with Crippen molar-refractivity contribution in [3.05, 3.63) is 51.8 Å². The molecular formula is C23H29Cl2N5O2. The summed E-state index contributed by atoms with van der Waals surface area (Å²) in [7, 11) is 0. The zero-order valence-corrected chi connectivity index (χ0v) is 19.6. The first kappa shape index (κ1) is 22.2. The molecule has 0 saturated carbocycles. The highest BCUT2D eigenvalue weighted by Gasteiger charge is 2.47. The van der Waals surface area contributed by atoms with Crippen molar-refractivity contribution in [3.63, 3.8) is 0 Å². The van der Waals surface area contributed by atoms with Crippen LogP contribution in [0.4, 0.5) is 0 Å². The van der Waals surface area contributed by atoms with Crippen LogP contribution in [0.2, 0.25) is 10.0 Å². The third-order valence-electron chi connectivity index (χ3n) is 7.03. The zero-order chi connectivity index (χ0) is 22.1. The maximum atomic E-state index is 13.6. The molecular weight excluding hydrogens is 449 g/mol. The number of hydrogen-bond donors (Lipinski definition) is 1. The van der Waals surface area contributed by atoms with Crippen LogP contribution < -0.4 is 0 Å². The fourth-order valence-electron chi connectivity index (χ4n) is 5.46. The molecule has 3 saturated heterocycles. The summed E-state index contributed by atoms with van der Waals surface area (Å²) in [4.78, 5) is 20.7. The quantitative estimate of drug-likeness (QED) is 0.716. The van der Waals surface area contributed by atoms with E-state index in [-0.39, 0.29) is 24.0 Å². The zero-order valence-electron chi connectivity index (χ0n) is 18.1. The number of benzene rings is 1. The molecule has 1 unspecified atom stereocenters. The number of nitrogens with one attached hydrogen (secondary N) is 1. The topological polar surface area (TPSA) is 64.7 Å². The Morgan fingerprint density at radius 3 is 2.62 bits per heavy atom. The van der Waals surface area contributed by atoms with Gasteiger partial charge in [-0.05, 0) is 43.6 Å². The van der Waals surface area contributed by atoms with Crippen molar-refractivity contribution in [2.45, 2.75) is 43.9 Å². The minimum Gasteiger partial charge on any atom is -0.378 e. The molecule has 1 aromatic carbocycles. The van der Waals surface area contributed by atoms with E-state index >= 15 is 0 Å². The van der Waals surface area contributed by atoms with Gasteiger partial charge in [0.15, 0.2) is 0 Å². The van der Waals surface area contributed by atoms with Crippen LogP contribution in [-0.2, 0) is 22.5 Å². The number of ether oxygens (including phenoxy) is 1. The van der Waals surface area contributed by atoms with E-state index in [1.165, 1.54) is 12.8 Å².